The molecule has 0 aliphatic rings. The number of carboxylic acids is 1. The van der Waals surface area contributed by atoms with E-state index in [9.17, 15) is 19.5 Å². The first-order valence-corrected chi connectivity index (χ1v) is 26.6. The zero-order valence-corrected chi connectivity index (χ0v) is 43.8. The van der Waals surface area contributed by atoms with Gasteiger partial charge in [-0.3, -0.25) is 9.59 Å². The maximum absolute atomic E-state index is 12.8. The van der Waals surface area contributed by atoms with Crippen molar-refractivity contribution in [3.63, 3.8) is 0 Å². The number of likely N-dealkylation sites (N-methyl/N-ethyl adjacent to an activating group) is 1. The van der Waals surface area contributed by atoms with Crippen molar-refractivity contribution in [2.45, 2.75) is 199 Å². The van der Waals surface area contributed by atoms with Crippen molar-refractivity contribution in [1.82, 2.24) is 0 Å². The van der Waals surface area contributed by atoms with E-state index < -0.39 is 18.1 Å². The number of allylic oxidation sites excluding steroid dienone is 20. The quantitative estimate of drug-likeness (QED) is 0.0281. The lowest BCUT2D eigenvalue weighted by atomic mass is 10.1. The number of unbranched alkanes of at least 4 members (excludes halogenated alkanes) is 12. The van der Waals surface area contributed by atoms with E-state index in [-0.39, 0.29) is 42.7 Å². The van der Waals surface area contributed by atoms with Crippen LogP contribution >= 0.6 is 0 Å². The highest BCUT2D eigenvalue weighted by Gasteiger charge is 2.31. The Bertz CT molecular complexity index is 1520. The summed E-state index contributed by atoms with van der Waals surface area (Å²) in [5.41, 5.74) is 0. The number of esters is 2. The van der Waals surface area contributed by atoms with Crippen LogP contribution < -0.4 is 0 Å². The Labute approximate surface area is 416 Å². The average molecular weight is 945 g/mol. The standard InChI is InChI=1S/C60H97NO7/c1-6-8-10-12-14-16-18-20-22-24-26-28-29-31-32-34-36-38-40-42-44-46-48-50-58(62)67-55-56(54-66-53-52-57(60(64)65)61(3,4)5)68-59(63)51-49-47-45-43-41-39-37-35-33-30-27-25-23-21-19-17-15-13-11-9-7-2/h8-11,14-17,20-23,26-28,30,35,37,41,43,56-57H,6-7,12-13,18-19,24-25,29,31-34,36,38-40,42,44-55H2,1-5H3/p+1/b10-8+,11-9+,16-14+,17-15+,22-20+,23-21+,28-26+,30-27+,37-35+,43-41+. The van der Waals surface area contributed by atoms with Gasteiger partial charge < -0.3 is 23.8 Å². The third kappa shape index (κ3) is 46.8. The number of carboxylic acid groups (broad SMARTS) is 1. The minimum Gasteiger partial charge on any atom is -0.477 e. The summed E-state index contributed by atoms with van der Waals surface area (Å²) in [5, 5.41) is 9.67. The van der Waals surface area contributed by atoms with E-state index in [1.54, 1.807) is 0 Å². The Morgan fingerprint density at radius 2 is 0.779 bits per heavy atom. The molecule has 0 aromatic carbocycles. The number of carbonyl (C=O) groups excluding carboxylic acids is 2. The van der Waals surface area contributed by atoms with E-state index in [2.05, 4.69) is 135 Å². The van der Waals surface area contributed by atoms with E-state index in [1.807, 2.05) is 21.1 Å². The van der Waals surface area contributed by atoms with Crippen LogP contribution in [-0.4, -0.2) is 80.6 Å². The Morgan fingerprint density at radius 1 is 0.441 bits per heavy atom. The fourth-order valence-corrected chi connectivity index (χ4v) is 7.09. The van der Waals surface area contributed by atoms with E-state index in [4.69, 9.17) is 14.2 Å². The lowest BCUT2D eigenvalue weighted by Gasteiger charge is -2.31. The van der Waals surface area contributed by atoms with Crippen LogP contribution in [0.4, 0.5) is 0 Å². The van der Waals surface area contributed by atoms with Gasteiger partial charge in [0.05, 0.1) is 34.4 Å². The molecule has 0 radical (unpaired) electrons. The Balaban J connectivity index is 4.33. The van der Waals surface area contributed by atoms with Crippen LogP contribution in [0.1, 0.15) is 187 Å². The van der Waals surface area contributed by atoms with E-state index in [1.165, 1.54) is 51.4 Å². The lowest BCUT2D eigenvalue weighted by Crippen LogP contribution is -2.50. The molecule has 8 heteroatoms. The van der Waals surface area contributed by atoms with Crippen molar-refractivity contribution >= 4 is 17.9 Å². The lowest BCUT2D eigenvalue weighted by molar-refractivity contribution is -0.887. The molecule has 0 fully saturated rings. The van der Waals surface area contributed by atoms with Crippen molar-refractivity contribution < 1.29 is 38.2 Å². The van der Waals surface area contributed by atoms with E-state index in [0.29, 0.717) is 19.3 Å². The van der Waals surface area contributed by atoms with Gasteiger partial charge in [0.1, 0.15) is 6.61 Å². The van der Waals surface area contributed by atoms with Crippen molar-refractivity contribution in [3.8, 4) is 0 Å². The van der Waals surface area contributed by atoms with Crippen LogP contribution in [0.5, 0.6) is 0 Å². The Hall–Kier alpha value is -4.27. The van der Waals surface area contributed by atoms with Gasteiger partial charge in [-0.15, -0.1) is 0 Å². The number of nitrogens with zero attached hydrogens (tertiary/aromatic N) is 1. The van der Waals surface area contributed by atoms with Crippen molar-refractivity contribution in [2.75, 3.05) is 41.0 Å². The monoisotopic (exact) mass is 945 g/mol. The smallest absolute Gasteiger partial charge is 0.362 e. The Kier molecular flexibility index (Phi) is 46.1. The average Bonchev–Trinajstić information content (AvgIpc) is 3.30. The molecule has 68 heavy (non-hydrogen) atoms. The summed E-state index contributed by atoms with van der Waals surface area (Å²) in [6.45, 7) is 4.45. The molecule has 0 aromatic heterocycles. The maximum Gasteiger partial charge on any atom is 0.362 e. The molecular formula is C60H98NO7+. The normalized spacial score (nSPS) is 13.8. The molecule has 0 aliphatic carbocycles. The fourth-order valence-electron chi connectivity index (χ4n) is 7.09. The summed E-state index contributed by atoms with van der Waals surface area (Å²) in [6, 6.07) is -0.632. The van der Waals surface area contributed by atoms with Gasteiger partial charge in [-0.2, -0.15) is 0 Å². The largest absolute Gasteiger partial charge is 0.477 e. The predicted molar refractivity (Wildman–Crippen MR) is 289 cm³/mol. The molecule has 2 unspecified atom stereocenters. The van der Waals surface area contributed by atoms with E-state index >= 15 is 0 Å². The summed E-state index contributed by atoms with van der Waals surface area (Å²) >= 11 is 0. The van der Waals surface area contributed by atoms with Crippen molar-refractivity contribution in [1.29, 1.82) is 0 Å². The molecule has 0 rings (SSSR count). The second kappa shape index (κ2) is 49.2. The molecule has 1 N–H and O–H groups in total. The second-order valence-corrected chi connectivity index (χ2v) is 18.4. The molecule has 0 spiro atoms. The number of carbonyl (C=O) groups is 3. The van der Waals surface area contributed by atoms with Crippen LogP contribution in [0.15, 0.2) is 122 Å². The SMILES string of the molecule is CC/C=C/C/C=C/C/C=C/C/C=C/C/C=C/C/C=C/CCCCC(=O)OC(COCCC(C(=O)O)[N+](C)(C)C)COC(=O)CCCCCCCCCCCC/C=C/C/C=C/C/C=C/C/C=C/CC. The number of hydrogen-bond donors (Lipinski definition) is 1. The van der Waals surface area contributed by atoms with Crippen LogP contribution in [-0.2, 0) is 28.6 Å². The molecular weight excluding hydrogens is 847 g/mol. The Morgan fingerprint density at radius 3 is 1.18 bits per heavy atom. The molecule has 0 heterocycles. The summed E-state index contributed by atoms with van der Waals surface area (Å²) in [7, 11) is 5.51. The first kappa shape index (κ1) is 63.7. The number of rotatable bonds is 46. The summed E-state index contributed by atoms with van der Waals surface area (Å²) in [6.07, 6.45) is 69.7. The van der Waals surface area contributed by atoms with Gasteiger partial charge in [0.25, 0.3) is 0 Å². The zero-order valence-electron chi connectivity index (χ0n) is 43.8. The number of hydrogen-bond acceptors (Lipinski definition) is 6. The molecule has 0 aliphatic heterocycles. The first-order chi connectivity index (χ1) is 33.1. The molecule has 0 aromatic rings. The molecule has 2 atom stereocenters. The van der Waals surface area contributed by atoms with E-state index in [0.717, 1.165) is 96.3 Å². The van der Waals surface area contributed by atoms with Gasteiger partial charge in [0, 0.05) is 19.3 Å². The maximum atomic E-state index is 12.8. The summed E-state index contributed by atoms with van der Waals surface area (Å²) in [4.78, 5) is 37.2. The third-order valence-electron chi connectivity index (χ3n) is 11.1. The van der Waals surface area contributed by atoms with Crippen LogP contribution in [0.25, 0.3) is 0 Å². The second-order valence-electron chi connectivity index (χ2n) is 18.4. The van der Waals surface area contributed by atoms with Crippen LogP contribution in [0.2, 0.25) is 0 Å². The minimum atomic E-state index is -0.887. The van der Waals surface area contributed by atoms with Crippen molar-refractivity contribution in [2.24, 2.45) is 0 Å². The highest BCUT2D eigenvalue weighted by molar-refractivity contribution is 5.72. The first-order valence-electron chi connectivity index (χ1n) is 26.6. The van der Waals surface area contributed by atoms with Gasteiger partial charge in [-0.1, -0.05) is 187 Å². The highest BCUT2D eigenvalue weighted by atomic mass is 16.6. The van der Waals surface area contributed by atoms with Gasteiger partial charge in [0.15, 0.2) is 12.1 Å². The summed E-state index contributed by atoms with van der Waals surface area (Å²) < 4.78 is 17.3. The number of ether oxygens (including phenoxy) is 3. The van der Waals surface area contributed by atoms with Crippen LogP contribution in [0.3, 0.4) is 0 Å². The third-order valence-corrected chi connectivity index (χ3v) is 11.1. The topological polar surface area (TPSA) is 99.1 Å². The molecule has 8 nitrogen and oxygen atoms in total. The van der Waals surface area contributed by atoms with Gasteiger partial charge in [0.2, 0.25) is 0 Å². The fraction of sp³-hybridized carbons (Fsp3) is 0.617. The van der Waals surface area contributed by atoms with Crippen molar-refractivity contribution in [3.05, 3.63) is 122 Å². The van der Waals surface area contributed by atoms with Gasteiger partial charge in [-0.05, 0) is 103 Å². The molecule has 0 saturated heterocycles. The van der Waals surface area contributed by atoms with Gasteiger partial charge >= 0.3 is 17.9 Å². The molecule has 0 bridgehead atoms. The zero-order chi connectivity index (χ0) is 49.9. The molecule has 384 valence electrons. The van der Waals surface area contributed by atoms with Gasteiger partial charge in [-0.25, -0.2) is 4.79 Å². The highest BCUT2D eigenvalue weighted by Crippen LogP contribution is 2.14. The molecule has 0 saturated carbocycles. The number of quaternary nitrogens is 1. The number of aliphatic carboxylic acids is 1. The predicted octanol–water partition coefficient (Wildman–Crippen LogP) is 15.8. The minimum absolute atomic E-state index is 0.0341. The summed E-state index contributed by atoms with van der Waals surface area (Å²) in [5.74, 6) is -1.54. The van der Waals surface area contributed by atoms with Crippen LogP contribution in [0, 0.1) is 0 Å². The molecule has 0 amide bonds.